The minimum absolute atomic E-state index is 0.212. The fourth-order valence-electron chi connectivity index (χ4n) is 3.66. The van der Waals surface area contributed by atoms with Gasteiger partial charge in [0.25, 0.3) is 0 Å². The molecule has 0 saturated carbocycles. The number of ether oxygens (including phenoxy) is 3. The molecular formula is C32H46N2O6. The highest BCUT2D eigenvalue weighted by molar-refractivity contribution is 5.88. The Hall–Kier alpha value is -3.17. The van der Waals surface area contributed by atoms with Gasteiger partial charge in [0, 0.05) is 37.0 Å². The Balaban J connectivity index is 0.000000281. The molecule has 0 heterocycles. The van der Waals surface area contributed by atoms with E-state index in [-0.39, 0.29) is 12.6 Å². The fraction of sp³-hybridized carbons (Fsp3) is 0.469. The summed E-state index contributed by atoms with van der Waals surface area (Å²) in [5.41, 5.74) is 1.05. The van der Waals surface area contributed by atoms with Crippen molar-refractivity contribution in [3.05, 3.63) is 72.3 Å². The molecule has 3 aromatic rings. The molecule has 2 unspecified atom stereocenters. The van der Waals surface area contributed by atoms with E-state index in [4.69, 9.17) is 9.47 Å². The van der Waals surface area contributed by atoms with Crippen LogP contribution in [-0.4, -0.2) is 73.9 Å². The van der Waals surface area contributed by atoms with E-state index in [9.17, 15) is 15.0 Å². The summed E-state index contributed by atoms with van der Waals surface area (Å²) in [4.78, 5) is 11.1. The molecule has 3 rings (SSSR count). The van der Waals surface area contributed by atoms with Crippen molar-refractivity contribution in [2.24, 2.45) is 0 Å². The van der Waals surface area contributed by atoms with E-state index in [0.29, 0.717) is 50.4 Å². The van der Waals surface area contributed by atoms with Crippen molar-refractivity contribution in [1.29, 1.82) is 0 Å². The number of benzene rings is 3. The maximum Gasteiger partial charge on any atom is 0.305 e. The van der Waals surface area contributed by atoms with Crippen molar-refractivity contribution in [3.8, 4) is 11.5 Å². The van der Waals surface area contributed by atoms with E-state index in [0.717, 1.165) is 22.1 Å². The van der Waals surface area contributed by atoms with Crippen molar-refractivity contribution < 1.29 is 29.2 Å². The number of aliphatic hydroxyl groups excluding tert-OH is 2. The summed E-state index contributed by atoms with van der Waals surface area (Å²) in [6, 6.07) is 22.3. The Morgan fingerprint density at radius 2 is 1.35 bits per heavy atom. The van der Waals surface area contributed by atoms with E-state index in [1.807, 2.05) is 68.4 Å². The van der Waals surface area contributed by atoms with Crippen LogP contribution in [0.3, 0.4) is 0 Å². The van der Waals surface area contributed by atoms with Crippen LogP contribution in [0.15, 0.2) is 66.7 Å². The highest BCUT2D eigenvalue weighted by atomic mass is 16.5. The van der Waals surface area contributed by atoms with Gasteiger partial charge in [-0.1, -0.05) is 76.2 Å². The van der Waals surface area contributed by atoms with Gasteiger partial charge in [0.05, 0.1) is 7.11 Å². The second kappa shape index (κ2) is 18.2. The van der Waals surface area contributed by atoms with Crippen LogP contribution in [-0.2, 0) is 16.0 Å². The first kappa shape index (κ1) is 33.0. The zero-order valence-electron chi connectivity index (χ0n) is 24.4. The topological polar surface area (TPSA) is 109 Å². The number of fused-ring (bicyclic) bond motifs is 1. The van der Waals surface area contributed by atoms with E-state index in [1.54, 1.807) is 0 Å². The molecule has 3 aromatic carbocycles. The van der Waals surface area contributed by atoms with Gasteiger partial charge in [0.15, 0.2) is 0 Å². The predicted octanol–water partition coefficient (Wildman–Crippen LogP) is 4.11. The third kappa shape index (κ3) is 13.3. The first-order valence-electron chi connectivity index (χ1n) is 13.9. The molecule has 2 atom stereocenters. The Bertz CT molecular complexity index is 1110. The number of esters is 1. The first-order chi connectivity index (χ1) is 19.2. The molecule has 0 radical (unpaired) electrons. The van der Waals surface area contributed by atoms with Crippen molar-refractivity contribution >= 4 is 16.7 Å². The lowest BCUT2D eigenvalue weighted by Crippen LogP contribution is -2.35. The largest absolute Gasteiger partial charge is 0.491 e. The van der Waals surface area contributed by atoms with Crippen molar-refractivity contribution in [2.45, 2.75) is 64.8 Å². The van der Waals surface area contributed by atoms with Gasteiger partial charge in [0.1, 0.15) is 36.9 Å². The second-order valence-electron chi connectivity index (χ2n) is 10.3. The molecule has 0 aliphatic carbocycles. The van der Waals surface area contributed by atoms with E-state index >= 15 is 0 Å². The standard InChI is InChI=1S/C16H25NO4.C16H21NO2/c1-12(2)17-10-14(18)11-21-15-7-4-13(5-8-15)6-9-16(19)20-3;1-12(2)17-10-14(18)11-19-16-9-5-7-13-6-3-4-8-15(13)16/h4-5,7-8,12,14,17-18H,6,9-11H2,1-3H3;3-9,12,14,17-18H,10-11H2,1-2H3. The molecule has 0 aromatic heterocycles. The van der Waals surface area contributed by atoms with Gasteiger partial charge in [0.2, 0.25) is 0 Å². The predicted molar refractivity (Wildman–Crippen MR) is 160 cm³/mol. The molecule has 8 heteroatoms. The summed E-state index contributed by atoms with van der Waals surface area (Å²) in [5, 5.41) is 28.2. The third-order valence-electron chi connectivity index (χ3n) is 5.92. The lowest BCUT2D eigenvalue weighted by atomic mass is 10.1. The van der Waals surface area contributed by atoms with Crippen molar-refractivity contribution in [3.63, 3.8) is 0 Å². The molecule has 0 fully saturated rings. The zero-order chi connectivity index (χ0) is 29.3. The average molecular weight is 555 g/mol. The van der Waals surface area contributed by atoms with Crippen LogP contribution in [0, 0.1) is 0 Å². The van der Waals surface area contributed by atoms with Crippen LogP contribution >= 0.6 is 0 Å². The van der Waals surface area contributed by atoms with Crippen LogP contribution in [0.25, 0.3) is 10.8 Å². The molecule has 0 aliphatic heterocycles. The normalized spacial score (nSPS) is 12.5. The number of aryl methyl sites for hydroxylation is 1. The number of hydrogen-bond acceptors (Lipinski definition) is 8. The van der Waals surface area contributed by atoms with Gasteiger partial charge in [-0.3, -0.25) is 4.79 Å². The second-order valence-corrected chi connectivity index (χ2v) is 10.3. The molecule has 0 aliphatic rings. The molecule has 0 amide bonds. The third-order valence-corrected chi connectivity index (χ3v) is 5.92. The smallest absolute Gasteiger partial charge is 0.305 e. The average Bonchev–Trinajstić information content (AvgIpc) is 2.96. The Morgan fingerprint density at radius 3 is 1.95 bits per heavy atom. The number of carbonyl (C=O) groups excluding carboxylic acids is 1. The molecule has 0 saturated heterocycles. The number of carbonyl (C=O) groups is 1. The van der Waals surface area contributed by atoms with Gasteiger partial charge < -0.3 is 35.1 Å². The highest BCUT2D eigenvalue weighted by Gasteiger charge is 2.08. The van der Waals surface area contributed by atoms with Crippen LogP contribution in [0.2, 0.25) is 0 Å². The summed E-state index contributed by atoms with van der Waals surface area (Å²) in [6.07, 6.45) is -0.0164. The molecule has 40 heavy (non-hydrogen) atoms. The monoisotopic (exact) mass is 554 g/mol. The van der Waals surface area contributed by atoms with Gasteiger partial charge in [-0.05, 0) is 35.6 Å². The molecule has 4 N–H and O–H groups in total. The Morgan fingerprint density at radius 1 is 0.775 bits per heavy atom. The summed E-state index contributed by atoms with van der Waals surface area (Å²) in [7, 11) is 1.39. The SMILES string of the molecule is CC(C)NCC(O)COc1cccc2ccccc12.COC(=O)CCc1ccc(OCC(O)CNC(C)C)cc1. The van der Waals surface area contributed by atoms with Crippen molar-refractivity contribution in [1.82, 2.24) is 10.6 Å². The van der Waals surface area contributed by atoms with Gasteiger partial charge in [-0.2, -0.15) is 0 Å². The highest BCUT2D eigenvalue weighted by Crippen LogP contribution is 2.25. The quantitative estimate of drug-likeness (QED) is 0.208. The number of nitrogens with one attached hydrogen (secondary N) is 2. The van der Waals surface area contributed by atoms with Gasteiger partial charge in [-0.15, -0.1) is 0 Å². The minimum atomic E-state index is -0.536. The molecular weight excluding hydrogens is 508 g/mol. The van der Waals surface area contributed by atoms with Gasteiger partial charge >= 0.3 is 5.97 Å². The number of methoxy groups -OCH3 is 1. The maximum absolute atomic E-state index is 11.1. The lowest BCUT2D eigenvalue weighted by molar-refractivity contribution is -0.140. The first-order valence-corrected chi connectivity index (χ1v) is 13.9. The summed E-state index contributed by atoms with van der Waals surface area (Å²) >= 11 is 0. The Labute approximate surface area is 238 Å². The summed E-state index contributed by atoms with van der Waals surface area (Å²) in [5.74, 6) is 1.32. The maximum atomic E-state index is 11.1. The molecule has 220 valence electrons. The zero-order valence-corrected chi connectivity index (χ0v) is 24.4. The van der Waals surface area contributed by atoms with E-state index in [2.05, 4.69) is 41.4 Å². The molecule has 8 nitrogen and oxygen atoms in total. The van der Waals surface area contributed by atoms with Crippen LogP contribution in [0.5, 0.6) is 11.5 Å². The molecule has 0 bridgehead atoms. The number of aliphatic hydroxyl groups is 2. The minimum Gasteiger partial charge on any atom is -0.491 e. The molecule has 0 spiro atoms. The summed E-state index contributed by atoms with van der Waals surface area (Å²) in [6.45, 7) is 9.77. The van der Waals surface area contributed by atoms with Crippen LogP contribution < -0.4 is 20.1 Å². The van der Waals surface area contributed by atoms with Crippen LogP contribution in [0.4, 0.5) is 0 Å². The summed E-state index contributed by atoms with van der Waals surface area (Å²) < 4.78 is 15.8. The van der Waals surface area contributed by atoms with E-state index in [1.165, 1.54) is 7.11 Å². The lowest BCUT2D eigenvalue weighted by Gasteiger charge is -2.15. The fourth-order valence-corrected chi connectivity index (χ4v) is 3.66. The van der Waals surface area contributed by atoms with E-state index < -0.39 is 12.2 Å². The van der Waals surface area contributed by atoms with Crippen molar-refractivity contribution in [2.75, 3.05) is 33.4 Å². The van der Waals surface area contributed by atoms with Gasteiger partial charge in [-0.25, -0.2) is 0 Å². The Kier molecular flexibility index (Phi) is 15.1. The number of hydrogen-bond donors (Lipinski definition) is 4. The number of rotatable bonds is 15. The van der Waals surface area contributed by atoms with Crippen LogP contribution in [0.1, 0.15) is 39.7 Å².